The number of nitrogens with one attached hydrogen (secondary N) is 4. The zero-order valence-corrected chi connectivity index (χ0v) is 24.2. The molecule has 12 nitrogen and oxygen atoms in total. The average molecular weight is 583 g/mol. The molecule has 0 saturated heterocycles. The predicted octanol–water partition coefficient (Wildman–Crippen LogP) is 4.07. The Balaban J connectivity index is 1.35. The van der Waals surface area contributed by atoms with Crippen LogP contribution in [0.4, 0.5) is 21.6 Å². The summed E-state index contributed by atoms with van der Waals surface area (Å²) < 4.78 is 3.98. The molecular weight excluding hydrogens is 552 g/mol. The van der Waals surface area contributed by atoms with Crippen LogP contribution >= 0.6 is 22.9 Å². The Bertz CT molecular complexity index is 1530. The summed E-state index contributed by atoms with van der Waals surface area (Å²) in [4.78, 5) is 48.6. The molecular formula is C26H30N8O4S2. The summed E-state index contributed by atoms with van der Waals surface area (Å²) in [6.45, 7) is 7.75. The first-order valence-electron chi connectivity index (χ1n) is 12.9. The lowest BCUT2D eigenvalue weighted by Gasteiger charge is -2.18. The number of aryl methyl sites for hydroxylation is 2. The molecule has 40 heavy (non-hydrogen) atoms. The summed E-state index contributed by atoms with van der Waals surface area (Å²) in [6, 6.07) is 1.85. The van der Waals surface area contributed by atoms with Gasteiger partial charge < -0.3 is 26.0 Å². The van der Waals surface area contributed by atoms with Crippen molar-refractivity contribution in [3.8, 4) is 5.88 Å². The van der Waals surface area contributed by atoms with Gasteiger partial charge in [0.1, 0.15) is 32.9 Å². The van der Waals surface area contributed by atoms with Crippen molar-refractivity contribution in [2.45, 2.75) is 52.9 Å². The van der Waals surface area contributed by atoms with Crippen LogP contribution in [0.25, 0.3) is 0 Å². The monoisotopic (exact) mass is 582 g/mol. The maximum atomic E-state index is 13.7. The Morgan fingerprint density at radius 1 is 1.27 bits per heavy atom. The van der Waals surface area contributed by atoms with Crippen LogP contribution in [0.5, 0.6) is 5.88 Å². The van der Waals surface area contributed by atoms with E-state index in [1.807, 2.05) is 19.9 Å². The van der Waals surface area contributed by atoms with Crippen LogP contribution in [-0.4, -0.2) is 56.0 Å². The van der Waals surface area contributed by atoms with Gasteiger partial charge in [-0.3, -0.25) is 19.8 Å². The number of amidine groups is 1. The molecule has 5 N–H and O–H groups in total. The van der Waals surface area contributed by atoms with E-state index in [4.69, 9.17) is 5.41 Å². The van der Waals surface area contributed by atoms with E-state index in [1.165, 1.54) is 18.3 Å². The molecule has 3 aromatic rings. The molecule has 2 atom stereocenters. The minimum absolute atomic E-state index is 0.0273. The maximum Gasteiger partial charge on any atom is 0.270 e. The number of carbonyl (C=O) groups is 3. The van der Waals surface area contributed by atoms with Crippen molar-refractivity contribution in [3.63, 3.8) is 0 Å². The molecule has 0 spiro atoms. The van der Waals surface area contributed by atoms with Gasteiger partial charge in [0.25, 0.3) is 5.91 Å². The predicted molar refractivity (Wildman–Crippen MR) is 154 cm³/mol. The molecule has 1 aliphatic heterocycles. The van der Waals surface area contributed by atoms with Gasteiger partial charge in [0.05, 0.1) is 11.4 Å². The highest BCUT2D eigenvalue weighted by Gasteiger charge is 2.35. The third-order valence-electron chi connectivity index (χ3n) is 7.04. The molecule has 0 radical (unpaired) electrons. The summed E-state index contributed by atoms with van der Waals surface area (Å²) in [5.74, 6) is -0.276. The van der Waals surface area contributed by atoms with Crippen molar-refractivity contribution < 1.29 is 19.5 Å². The van der Waals surface area contributed by atoms with Crippen LogP contribution in [0, 0.1) is 25.2 Å². The lowest BCUT2D eigenvalue weighted by Crippen LogP contribution is -2.31. The van der Waals surface area contributed by atoms with E-state index in [0.717, 1.165) is 29.9 Å². The second kappa shape index (κ2) is 10.9. The lowest BCUT2D eigenvalue weighted by molar-refractivity contribution is -0.120. The number of thiazole rings is 1. The molecule has 2 unspecified atom stereocenters. The van der Waals surface area contributed by atoms with E-state index < -0.39 is 0 Å². The molecule has 5 rings (SSSR count). The minimum atomic E-state index is -0.297. The topological polar surface area (TPSA) is 173 Å². The minimum Gasteiger partial charge on any atom is -0.492 e. The first-order valence-corrected chi connectivity index (χ1v) is 14.5. The molecule has 210 valence electrons. The number of rotatable bonds is 7. The van der Waals surface area contributed by atoms with Crippen LogP contribution in [-0.2, 0) is 9.59 Å². The van der Waals surface area contributed by atoms with Crippen molar-refractivity contribution in [1.29, 1.82) is 5.41 Å². The Hall–Kier alpha value is -3.91. The van der Waals surface area contributed by atoms with Gasteiger partial charge in [-0.15, -0.1) is 0 Å². The van der Waals surface area contributed by atoms with Gasteiger partial charge in [0.2, 0.25) is 11.8 Å². The molecule has 3 aromatic heterocycles. The van der Waals surface area contributed by atoms with Crippen LogP contribution in [0.3, 0.4) is 0 Å². The van der Waals surface area contributed by atoms with Crippen molar-refractivity contribution in [1.82, 2.24) is 19.7 Å². The molecule has 1 saturated carbocycles. The van der Waals surface area contributed by atoms with Crippen LogP contribution in [0.1, 0.15) is 71.2 Å². The van der Waals surface area contributed by atoms with Crippen LogP contribution in [0.2, 0.25) is 0 Å². The largest absolute Gasteiger partial charge is 0.492 e. The Kier molecular flexibility index (Phi) is 7.55. The number of carbonyl (C=O) groups excluding carboxylic acids is 3. The number of amides is 2. The summed E-state index contributed by atoms with van der Waals surface area (Å²) in [7, 11) is 0. The Labute approximate surface area is 238 Å². The van der Waals surface area contributed by atoms with Crippen molar-refractivity contribution in [2.24, 2.45) is 5.92 Å². The maximum absolute atomic E-state index is 13.7. The fourth-order valence-corrected chi connectivity index (χ4v) is 6.85. The summed E-state index contributed by atoms with van der Waals surface area (Å²) in [5.41, 5.74) is 2.95. The number of hydrogen-bond donors (Lipinski definition) is 5. The fourth-order valence-electron chi connectivity index (χ4n) is 5.17. The van der Waals surface area contributed by atoms with Crippen molar-refractivity contribution >= 4 is 67.9 Å². The van der Waals surface area contributed by atoms with Crippen LogP contribution < -0.4 is 20.9 Å². The molecule has 0 bridgehead atoms. The summed E-state index contributed by atoms with van der Waals surface area (Å²) >= 11 is 2.15. The third-order valence-corrected chi connectivity index (χ3v) is 8.85. The normalized spacial score (nSPS) is 18.1. The Morgan fingerprint density at radius 3 is 2.75 bits per heavy atom. The first kappa shape index (κ1) is 27.6. The lowest BCUT2D eigenvalue weighted by atomic mass is 10.0. The molecule has 2 amide bonds. The van der Waals surface area contributed by atoms with E-state index in [1.54, 1.807) is 11.8 Å². The molecule has 2 aliphatic rings. The van der Waals surface area contributed by atoms with Crippen molar-refractivity contribution in [2.75, 3.05) is 28.6 Å². The number of fused-ring (bicyclic) bond motifs is 1. The quantitative estimate of drug-likeness (QED) is 0.203. The number of anilines is 4. The van der Waals surface area contributed by atoms with E-state index in [0.29, 0.717) is 57.4 Å². The first-order chi connectivity index (χ1) is 19.0. The van der Waals surface area contributed by atoms with E-state index in [2.05, 4.69) is 30.3 Å². The molecule has 1 fully saturated rings. The van der Waals surface area contributed by atoms with Crippen LogP contribution in [0.15, 0.2) is 6.07 Å². The Morgan fingerprint density at radius 2 is 2.05 bits per heavy atom. The van der Waals surface area contributed by atoms with E-state index >= 15 is 0 Å². The van der Waals surface area contributed by atoms with Gasteiger partial charge in [-0.25, -0.2) is 9.97 Å². The zero-order valence-electron chi connectivity index (χ0n) is 22.5. The number of hydrogen-bond acceptors (Lipinski definition) is 11. The molecule has 4 heterocycles. The standard InChI is InChI=1S/C26H30N8O4S2/c1-11-10-34(16-8-12(2)29-22(18(11)16)31-14(4)35)25(38)20-13(3)30-26(39-20)32-24-19(23(37)33-40-24)21(27)28-9-15-6-5-7-17(15)36/h8,11,15H,5-7,9-10H2,1-4H3,(H2,27,28)(H,30,32)(H,33,37)(H,29,31,35). The van der Waals surface area contributed by atoms with Gasteiger partial charge >= 0.3 is 0 Å². The number of aromatic hydroxyl groups is 1. The van der Waals surface area contributed by atoms with E-state index in [-0.39, 0.29) is 46.7 Å². The van der Waals surface area contributed by atoms with E-state index in [9.17, 15) is 19.5 Å². The summed E-state index contributed by atoms with van der Waals surface area (Å²) in [5, 5.41) is 28.5. The second-order valence-corrected chi connectivity index (χ2v) is 11.9. The third kappa shape index (κ3) is 5.28. The molecule has 0 aromatic carbocycles. The number of ketones is 1. The van der Waals surface area contributed by atoms with Gasteiger partial charge in [-0.05, 0) is 44.3 Å². The number of nitrogens with zero attached hydrogens (tertiary/aromatic N) is 4. The average Bonchev–Trinajstić information content (AvgIpc) is 3.64. The second-order valence-electron chi connectivity index (χ2n) is 10.1. The zero-order chi connectivity index (χ0) is 28.7. The molecule has 1 aliphatic carbocycles. The van der Waals surface area contributed by atoms with Gasteiger partial charge in [-0.1, -0.05) is 18.3 Å². The highest BCUT2D eigenvalue weighted by atomic mass is 32.1. The number of pyridine rings is 1. The van der Waals surface area contributed by atoms with Gasteiger partial charge in [0, 0.05) is 49.5 Å². The molecule has 14 heteroatoms. The van der Waals surface area contributed by atoms with Gasteiger partial charge in [0.15, 0.2) is 5.13 Å². The number of Topliss-reactive ketones (excluding diaryl/α,β-unsaturated/α-hetero) is 1. The highest BCUT2D eigenvalue weighted by Crippen LogP contribution is 2.42. The highest BCUT2D eigenvalue weighted by molar-refractivity contribution is 7.18. The number of aromatic nitrogens is 3. The van der Waals surface area contributed by atoms with Gasteiger partial charge in [-0.2, -0.15) is 4.37 Å². The van der Waals surface area contributed by atoms with Crippen molar-refractivity contribution in [3.05, 3.63) is 33.5 Å². The summed E-state index contributed by atoms with van der Waals surface area (Å²) in [6.07, 6.45) is 2.21. The smallest absolute Gasteiger partial charge is 0.270 e. The SMILES string of the molecule is CC(=O)Nc1nc(C)cc2c1C(C)CN2C(=O)c1sc(Nc2snc(O)c2C(=N)NCC2CCCC2=O)nc1C. The fraction of sp³-hybridized carbons (Fsp3) is 0.423.